The quantitative estimate of drug-likeness (QED) is 0.0245. The van der Waals surface area contributed by atoms with Crippen molar-refractivity contribution < 1.29 is 42.1 Å². The summed E-state index contributed by atoms with van der Waals surface area (Å²) in [5.41, 5.74) is 0. The molecule has 0 aromatic rings. The summed E-state index contributed by atoms with van der Waals surface area (Å²) in [6.07, 6.45) is 30.5. The summed E-state index contributed by atoms with van der Waals surface area (Å²) < 4.78 is 34.0. The van der Waals surface area contributed by atoms with Crippen LogP contribution in [0.15, 0.2) is 36.5 Å². The van der Waals surface area contributed by atoms with Gasteiger partial charge in [-0.2, -0.15) is 0 Å². The second-order valence-corrected chi connectivity index (χ2v) is 14.7. The fourth-order valence-electron chi connectivity index (χ4n) is 4.46. The van der Waals surface area contributed by atoms with E-state index in [9.17, 15) is 19.0 Å². The molecule has 0 heterocycles. The van der Waals surface area contributed by atoms with Crippen molar-refractivity contribution in [3.63, 3.8) is 0 Å². The van der Waals surface area contributed by atoms with E-state index < -0.39 is 26.5 Å². The molecule has 0 aromatic heterocycles. The summed E-state index contributed by atoms with van der Waals surface area (Å²) in [4.78, 5) is 35.1. The van der Waals surface area contributed by atoms with E-state index in [1.54, 1.807) is 0 Å². The Morgan fingerprint density at radius 2 is 1.15 bits per heavy atom. The average molecular weight is 687 g/mol. The zero-order valence-electron chi connectivity index (χ0n) is 30.5. The fourth-order valence-corrected chi connectivity index (χ4v) is 5.20. The number of phosphoric acid groups is 1. The van der Waals surface area contributed by atoms with E-state index in [1.807, 2.05) is 21.1 Å². The van der Waals surface area contributed by atoms with E-state index >= 15 is 0 Å². The summed E-state index contributed by atoms with van der Waals surface area (Å²) in [5.74, 6) is -0.834. The first-order valence-electron chi connectivity index (χ1n) is 18.2. The van der Waals surface area contributed by atoms with Crippen LogP contribution in [0.3, 0.4) is 0 Å². The van der Waals surface area contributed by atoms with Crippen LogP contribution in [-0.2, 0) is 32.7 Å². The second-order valence-electron chi connectivity index (χ2n) is 13.2. The molecule has 1 N–H and O–H groups in total. The maximum atomic E-state index is 12.6. The SMILES string of the molecule is CCC/C=C\C/C=C\CCCCCCCC(=O)OC(COC(=O)CCCCCCC/C=C\CCC)COP(=O)(O)OCC[N+](C)(C)C. The lowest BCUT2D eigenvalue weighted by atomic mass is 10.1. The van der Waals surface area contributed by atoms with Crippen LogP contribution in [0, 0.1) is 0 Å². The van der Waals surface area contributed by atoms with Gasteiger partial charge < -0.3 is 18.9 Å². The van der Waals surface area contributed by atoms with Gasteiger partial charge in [-0.05, 0) is 57.8 Å². The Labute approximate surface area is 287 Å². The molecule has 274 valence electrons. The minimum atomic E-state index is -4.37. The highest BCUT2D eigenvalue weighted by Crippen LogP contribution is 2.43. The third-order valence-electron chi connectivity index (χ3n) is 7.35. The summed E-state index contributed by atoms with van der Waals surface area (Å²) >= 11 is 0. The van der Waals surface area contributed by atoms with Crippen molar-refractivity contribution >= 4 is 19.8 Å². The minimum Gasteiger partial charge on any atom is -0.462 e. The molecular formula is C37H69NO8P+. The zero-order chi connectivity index (χ0) is 35.1. The third kappa shape index (κ3) is 33.9. The monoisotopic (exact) mass is 686 g/mol. The van der Waals surface area contributed by atoms with Crippen LogP contribution in [0.4, 0.5) is 0 Å². The molecule has 0 rings (SSSR count). The summed E-state index contributed by atoms with van der Waals surface area (Å²) in [6.45, 7) is 4.23. The number of hydrogen-bond acceptors (Lipinski definition) is 7. The van der Waals surface area contributed by atoms with Gasteiger partial charge in [0.1, 0.15) is 19.8 Å². The minimum absolute atomic E-state index is 0.0267. The summed E-state index contributed by atoms with van der Waals surface area (Å²) in [7, 11) is 1.45. The van der Waals surface area contributed by atoms with Gasteiger partial charge in [-0.1, -0.05) is 102 Å². The van der Waals surface area contributed by atoms with Crippen LogP contribution in [-0.4, -0.2) is 74.9 Å². The third-order valence-corrected chi connectivity index (χ3v) is 8.34. The molecule has 2 unspecified atom stereocenters. The predicted molar refractivity (Wildman–Crippen MR) is 192 cm³/mol. The van der Waals surface area contributed by atoms with Crippen LogP contribution in [0.25, 0.3) is 0 Å². The molecule has 0 spiro atoms. The molecule has 0 aliphatic heterocycles. The van der Waals surface area contributed by atoms with Crippen molar-refractivity contribution in [1.29, 1.82) is 0 Å². The molecule has 0 radical (unpaired) electrons. The molecule has 2 atom stereocenters. The molecule has 10 heteroatoms. The molecule has 9 nitrogen and oxygen atoms in total. The Morgan fingerprint density at radius 1 is 0.660 bits per heavy atom. The maximum Gasteiger partial charge on any atom is 0.472 e. The number of likely N-dealkylation sites (N-methyl/N-ethyl adjacent to an activating group) is 1. The first-order valence-corrected chi connectivity index (χ1v) is 19.7. The molecule has 0 saturated carbocycles. The molecule has 0 aliphatic rings. The van der Waals surface area contributed by atoms with Crippen LogP contribution in [0.5, 0.6) is 0 Å². The summed E-state index contributed by atoms with van der Waals surface area (Å²) in [5, 5.41) is 0. The van der Waals surface area contributed by atoms with Crippen LogP contribution < -0.4 is 0 Å². The Hall–Kier alpha value is -1.77. The number of esters is 2. The van der Waals surface area contributed by atoms with Gasteiger partial charge in [0.25, 0.3) is 0 Å². The lowest BCUT2D eigenvalue weighted by Crippen LogP contribution is -2.37. The van der Waals surface area contributed by atoms with Crippen LogP contribution in [0.2, 0.25) is 0 Å². The van der Waals surface area contributed by atoms with E-state index in [4.69, 9.17) is 18.5 Å². The molecule has 0 bridgehead atoms. The topological polar surface area (TPSA) is 108 Å². The highest BCUT2D eigenvalue weighted by Gasteiger charge is 2.27. The summed E-state index contributed by atoms with van der Waals surface area (Å²) in [6, 6.07) is 0. The largest absolute Gasteiger partial charge is 0.472 e. The number of allylic oxidation sites excluding steroid dienone is 6. The standard InChI is InChI=1S/C37H68NO8P/c1-6-8-10-12-14-16-18-19-20-22-24-26-28-30-37(40)46-35(34-45-47(41,42)44-32-31-38(3,4)5)33-43-36(39)29-27-25-23-21-17-15-13-11-9-7-2/h10-13,16,18,35H,6-9,14-15,17,19-34H2,1-5H3/p+1/b12-10-,13-11-,18-16-. The van der Waals surface area contributed by atoms with Crippen molar-refractivity contribution in [3.8, 4) is 0 Å². The number of phosphoric ester groups is 1. The molecular weight excluding hydrogens is 617 g/mol. The first-order chi connectivity index (χ1) is 22.5. The number of quaternary nitrogens is 1. The van der Waals surface area contributed by atoms with E-state index in [0.29, 0.717) is 17.4 Å². The van der Waals surface area contributed by atoms with Crippen molar-refractivity contribution in [1.82, 2.24) is 0 Å². The number of unbranched alkanes of at least 4 members (excludes halogenated alkanes) is 12. The lowest BCUT2D eigenvalue weighted by molar-refractivity contribution is -0.870. The highest BCUT2D eigenvalue weighted by molar-refractivity contribution is 7.47. The molecule has 0 amide bonds. The first kappa shape index (κ1) is 45.2. The Bertz CT molecular complexity index is 913. The maximum absolute atomic E-state index is 12.6. The number of rotatable bonds is 32. The normalized spacial score (nSPS) is 14.3. The molecule has 0 saturated heterocycles. The molecule has 0 aromatic carbocycles. The van der Waals surface area contributed by atoms with E-state index in [1.165, 1.54) is 12.8 Å². The van der Waals surface area contributed by atoms with Gasteiger partial charge in [0.05, 0.1) is 27.7 Å². The fraction of sp³-hybridized carbons (Fsp3) is 0.784. The van der Waals surface area contributed by atoms with Gasteiger partial charge in [-0.15, -0.1) is 0 Å². The van der Waals surface area contributed by atoms with Gasteiger partial charge in [-0.25, -0.2) is 4.57 Å². The zero-order valence-corrected chi connectivity index (χ0v) is 31.4. The lowest BCUT2D eigenvalue weighted by Gasteiger charge is -2.24. The predicted octanol–water partition coefficient (Wildman–Crippen LogP) is 9.40. The van der Waals surface area contributed by atoms with Crippen molar-refractivity contribution in [3.05, 3.63) is 36.5 Å². The highest BCUT2D eigenvalue weighted by atomic mass is 31.2. The second kappa shape index (κ2) is 30.3. The van der Waals surface area contributed by atoms with Gasteiger partial charge in [0.15, 0.2) is 6.10 Å². The Kier molecular flexibility index (Phi) is 29.2. The smallest absolute Gasteiger partial charge is 0.462 e. The van der Waals surface area contributed by atoms with E-state index in [2.05, 4.69) is 50.3 Å². The van der Waals surface area contributed by atoms with Crippen molar-refractivity contribution in [2.75, 3.05) is 47.5 Å². The van der Waals surface area contributed by atoms with Crippen molar-refractivity contribution in [2.45, 2.75) is 142 Å². The van der Waals surface area contributed by atoms with E-state index in [-0.39, 0.29) is 32.0 Å². The van der Waals surface area contributed by atoms with Gasteiger partial charge in [0, 0.05) is 12.8 Å². The van der Waals surface area contributed by atoms with Crippen LogP contribution in [0.1, 0.15) is 136 Å². The van der Waals surface area contributed by atoms with Gasteiger partial charge in [0.2, 0.25) is 0 Å². The number of nitrogens with zero attached hydrogens (tertiary/aromatic N) is 1. The van der Waals surface area contributed by atoms with Gasteiger partial charge >= 0.3 is 19.8 Å². The molecule has 47 heavy (non-hydrogen) atoms. The number of carbonyl (C=O) groups is 2. The van der Waals surface area contributed by atoms with E-state index in [0.717, 1.165) is 89.9 Å². The molecule has 0 aliphatic carbocycles. The Morgan fingerprint density at radius 3 is 1.72 bits per heavy atom. The van der Waals surface area contributed by atoms with Gasteiger partial charge in [-0.3, -0.25) is 18.6 Å². The Balaban J connectivity index is 4.51. The van der Waals surface area contributed by atoms with Crippen LogP contribution >= 0.6 is 7.82 Å². The molecule has 0 fully saturated rings. The average Bonchev–Trinajstić information content (AvgIpc) is 3.01. The number of ether oxygens (including phenoxy) is 2. The number of carbonyl (C=O) groups excluding carboxylic acids is 2. The number of hydrogen-bond donors (Lipinski definition) is 1. The van der Waals surface area contributed by atoms with Crippen molar-refractivity contribution in [2.24, 2.45) is 0 Å².